The van der Waals surface area contributed by atoms with Crippen molar-refractivity contribution in [2.24, 2.45) is 0 Å². The summed E-state index contributed by atoms with van der Waals surface area (Å²) in [6.07, 6.45) is 12.1. The Morgan fingerprint density at radius 3 is 1.63 bits per heavy atom. The molecule has 0 aromatic heterocycles. The second-order valence-corrected chi connectivity index (χ2v) is 15.1. The van der Waals surface area contributed by atoms with Gasteiger partial charge in [0.1, 0.15) is 0 Å². The Balaban J connectivity index is 0.000000135. The average Bonchev–Trinajstić information content (AvgIpc) is 3.27. The van der Waals surface area contributed by atoms with Crippen LogP contribution in [0.5, 0.6) is 0 Å². The smallest absolute Gasteiger partial charge is 0.163 e. The van der Waals surface area contributed by atoms with E-state index >= 15 is 0 Å². The third kappa shape index (κ3) is 11.1. The molecule has 6 aromatic rings. The molecular formula is C54H54O3. The zero-order valence-corrected chi connectivity index (χ0v) is 33.3. The highest BCUT2D eigenvalue weighted by Gasteiger charge is 2.23. The van der Waals surface area contributed by atoms with Crippen LogP contribution in [0.4, 0.5) is 0 Å². The van der Waals surface area contributed by atoms with Crippen LogP contribution in [0.25, 0.3) is 6.08 Å². The molecule has 1 unspecified atom stereocenters. The third-order valence-electron chi connectivity index (χ3n) is 11.2. The van der Waals surface area contributed by atoms with E-state index in [1.54, 1.807) is 0 Å². The third-order valence-corrected chi connectivity index (χ3v) is 11.2. The minimum absolute atomic E-state index is 0.276. The molecule has 0 amide bonds. The van der Waals surface area contributed by atoms with Crippen molar-refractivity contribution in [1.82, 2.24) is 0 Å². The van der Waals surface area contributed by atoms with Gasteiger partial charge in [-0.05, 0) is 95.9 Å². The molecule has 1 atom stereocenters. The maximum atomic E-state index is 12.2. The summed E-state index contributed by atoms with van der Waals surface area (Å²) < 4.78 is 0. The van der Waals surface area contributed by atoms with E-state index in [-0.39, 0.29) is 5.92 Å². The molecule has 57 heavy (non-hydrogen) atoms. The van der Waals surface area contributed by atoms with Crippen molar-refractivity contribution in [1.29, 1.82) is 0 Å². The molecule has 3 nitrogen and oxygen atoms in total. The van der Waals surface area contributed by atoms with E-state index in [0.29, 0.717) is 23.8 Å². The monoisotopic (exact) mass is 750 g/mol. The van der Waals surface area contributed by atoms with Crippen LogP contribution < -0.4 is 0 Å². The summed E-state index contributed by atoms with van der Waals surface area (Å²) in [5, 5.41) is 0. The lowest BCUT2D eigenvalue weighted by Gasteiger charge is -2.22. The van der Waals surface area contributed by atoms with Gasteiger partial charge in [0, 0.05) is 41.9 Å². The molecule has 3 heteroatoms. The molecule has 0 fully saturated rings. The zero-order valence-electron chi connectivity index (χ0n) is 33.3. The number of Topliss-reactive ketones (excluding diaryl/α,β-unsaturated/α-hetero) is 3. The maximum Gasteiger partial charge on any atom is 0.163 e. The minimum Gasteiger partial charge on any atom is -0.294 e. The Morgan fingerprint density at radius 2 is 1.00 bits per heavy atom. The summed E-state index contributed by atoms with van der Waals surface area (Å²) in [6, 6.07) is 51.5. The van der Waals surface area contributed by atoms with Crippen molar-refractivity contribution in [3.05, 3.63) is 219 Å². The van der Waals surface area contributed by atoms with Crippen LogP contribution in [0.3, 0.4) is 0 Å². The molecule has 0 saturated heterocycles. The zero-order chi connectivity index (χ0) is 39.8. The number of benzene rings is 6. The molecule has 0 saturated carbocycles. The number of hydrogen-bond acceptors (Lipinski definition) is 3. The molecule has 3 aliphatic carbocycles. The first-order valence-corrected chi connectivity index (χ1v) is 20.6. The highest BCUT2D eigenvalue weighted by Crippen LogP contribution is 2.33. The Morgan fingerprint density at radius 1 is 0.491 bits per heavy atom. The van der Waals surface area contributed by atoms with Gasteiger partial charge in [-0.15, -0.1) is 0 Å². The van der Waals surface area contributed by atoms with Crippen LogP contribution >= 0.6 is 0 Å². The van der Waals surface area contributed by atoms with Gasteiger partial charge in [0.2, 0.25) is 0 Å². The first-order valence-electron chi connectivity index (χ1n) is 20.6. The van der Waals surface area contributed by atoms with Crippen LogP contribution in [0, 0.1) is 0 Å². The Bertz CT molecular complexity index is 2250. The predicted molar refractivity (Wildman–Crippen MR) is 235 cm³/mol. The van der Waals surface area contributed by atoms with E-state index in [1.165, 1.54) is 44.5 Å². The van der Waals surface area contributed by atoms with E-state index in [2.05, 4.69) is 98.4 Å². The molecule has 0 N–H and O–H groups in total. The van der Waals surface area contributed by atoms with Crippen molar-refractivity contribution < 1.29 is 14.4 Å². The van der Waals surface area contributed by atoms with E-state index < -0.39 is 0 Å². The summed E-state index contributed by atoms with van der Waals surface area (Å²) in [5.74, 6) is 1.24. The molecule has 288 valence electrons. The van der Waals surface area contributed by atoms with Gasteiger partial charge in [-0.3, -0.25) is 14.4 Å². The fourth-order valence-corrected chi connectivity index (χ4v) is 8.10. The van der Waals surface area contributed by atoms with E-state index in [9.17, 15) is 14.4 Å². The van der Waals surface area contributed by atoms with Crippen LogP contribution in [0.15, 0.2) is 158 Å². The lowest BCUT2D eigenvalue weighted by molar-refractivity contribution is 0.0963. The standard InChI is InChI=1S/2C18H18O.C10H10O.C8H8/c1-13(14-7-3-2-4-8-14)16-11-5-9-15-10-6-12-17(19)18(15)16;19-17-11-5-10-15-8-4-9-16(18(15)17)13-12-14-6-2-1-3-7-14;11-10-7-3-5-8-4-1-2-6-9(8)10;1-2-8-6-4-3-5-7-8/h2-5,7-9,11,13H,6,10,12H2,1H3;1-4,6-9H,5,10-13H2;1-2,4,6H,3,5,7H2;2-7H,1H2. The van der Waals surface area contributed by atoms with Crippen LogP contribution in [0.1, 0.15) is 127 Å². The van der Waals surface area contributed by atoms with Gasteiger partial charge >= 0.3 is 0 Å². The molecule has 0 aliphatic heterocycles. The fraction of sp³-hybridized carbons (Fsp3) is 0.241. The van der Waals surface area contributed by atoms with Gasteiger partial charge in [-0.2, -0.15) is 0 Å². The molecule has 0 spiro atoms. The molecule has 3 aliphatic rings. The minimum atomic E-state index is 0.276. The SMILES string of the molecule is C=Cc1ccccc1.CC(c1ccccc1)c1cccc2c1C(=O)CCC2.O=C1CCCc2cccc(CCc3ccccc3)c21.O=C1CCCc2ccccc21. The van der Waals surface area contributed by atoms with Crippen molar-refractivity contribution in [3.63, 3.8) is 0 Å². The number of hydrogen-bond donors (Lipinski definition) is 0. The molecule has 6 aromatic carbocycles. The van der Waals surface area contributed by atoms with Gasteiger partial charge in [0.15, 0.2) is 17.3 Å². The normalized spacial score (nSPS) is 14.4. The van der Waals surface area contributed by atoms with Crippen LogP contribution in [-0.4, -0.2) is 17.3 Å². The lowest BCUT2D eigenvalue weighted by Crippen LogP contribution is -2.15. The van der Waals surface area contributed by atoms with Gasteiger partial charge in [0.25, 0.3) is 0 Å². The summed E-state index contributed by atoms with van der Waals surface area (Å²) in [5.41, 5.74) is 12.9. The van der Waals surface area contributed by atoms with Crippen molar-refractivity contribution in [2.45, 2.75) is 83.5 Å². The largest absolute Gasteiger partial charge is 0.294 e. The van der Waals surface area contributed by atoms with Crippen LogP contribution in [0.2, 0.25) is 0 Å². The maximum absolute atomic E-state index is 12.2. The van der Waals surface area contributed by atoms with E-state index in [4.69, 9.17) is 0 Å². The molecular weight excluding hydrogens is 697 g/mol. The second kappa shape index (κ2) is 20.8. The first kappa shape index (κ1) is 40.7. The quantitative estimate of drug-likeness (QED) is 0.170. The van der Waals surface area contributed by atoms with Gasteiger partial charge in [0.05, 0.1) is 0 Å². The van der Waals surface area contributed by atoms with E-state index in [0.717, 1.165) is 80.9 Å². The highest BCUT2D eigenvalue weighted by molar-refractivity contribution is 6.01. The number of carbonyl (C=O) groups is 3. The number of fused-ring (bicyclic) bond motifs is 3. The summed E-state index contributed by atoms with van der Waals surface area (Å²) in [6.45, 7) is 5.82. The van der Waals surface area contributed by atoms with Crippen LogP contribution in [-0.2, 0) is 32.1 Å². The molecule has 0 bridgehead atoms. The van der Waals surface area contributed by atoms with Gasteiger partial charge < -0.3 is 0 Å². The summed E-state index contributed by atoms with van der Waals surface area (Å²) >= 11 is 0. The first-order chi connectivity index (χ1) is 27.9. The number of aryl methyl sites for hydroxylation is 5. The average molecular weight is 751 g/mol. The number of ketones is 3. The molecule has 0 radical (unpaired) electrons. The van der Waals surface area contributed by atoms with Crippen molar-refractivity contribution in [3.8, 4) is 0 Å². The lowest BCUT2D eigenvalue weighted by atomic mass is 9.81. The predicted octanol–water partition coefficient (Wildman–Crippen LogP) is 12.9. The Kier molecular flexibility index (Phi) is 14.9. The topological polar surface area (TPSA) is 51.2 Å². The summed E-state index contributed by atoms with van der Waals surface area (Å²) in [7, 11) is 0. The highest BCUT2D eigenvalue weighted by atomic mass is 16.1. The second-order valence-electron chi connectivity index (χ2n) is 15.1. The molecule has 0 heterocycles. The summed E-state index contributed by atoms with van der Waals surface area (Å²) in [4.78, 5) is 35.6. The Labute approximate surface area is 339 Å². The van der Waals surface area contributed by atoms with E-state index in [1.807, 2.05) is 72.8 Å². The number of rotatable bonds is 6. The fourth-order valence-electron chi connectivity index (χ4n) is 8.10. The van der Waals surface area contributed by atoms with Gasteiger partial charge in [-0.1, -0.05) is 171 Å². The molecule has 9 rings (SSSR count). The van der Waals surface area contributed by atoms with Crippen molar-refractivity contribution in [2.75, 3.05) is 0 Å². The number of carbonyl (C=O) groups excluding carboxylic acids is 3. The van der Waals surface area contributed by atoms with Crippen molar-refractivity contribution >= 4 is 23.4 Å². The Hall–Kier alpha value is -5.93. The van der Waals surface area contributed by atoms with Gasteiger partial charge in [-0.25, -0.2) is 0 Å².